The van der Waals surface area contributed by atoms with Crippen LogP contribution in [0.25, 0.3) is 16.0 Å². The molecule has 0 radical (unpaired) electrons. The van der Waals surface area contributed by atoms with Crippen LogP contribution in [0.4, 0.5) is 9.52 Å². The number of aromatic nitrogens is 1. The predicted molar refractivity (Wildman–Crippen MR) is 133 cm³/mol. The lowest BCUT2D eigenvalue weighted by molar-refractivity contribution is -0.132. The number of carbonyl (C=O) groups excluding carboxylic acids is 2. The maximum absolute atomic E-state index is 13.5. The Labute approximate surface area is 208 Å². The van der Waals surface area contributed by atoms with Crippen LogP contribution in [0, 0.1) is 5.82 Å². The van der Waals surface area contributed by atoms with Crippen LogP contribution in [0.15, 0.2) is 72.3 Å². The fourth-order valence-corrected chi connectivity index (χ4v) is 5.26. The van der Waals surface area contributed by atoms with E-state index in [4.69, 9.17) is 16.3 Å². The van der Waals surface area contributed by atoms with Crippen LogP contribution < -0.4 is 9.64 Å². The minimum atomic E-state index is -0.981. The Morgan fingerprint density at radius 2 is 1.91 bits per heavy atom. The van der Waals surface area contributed by atoms with Gasteiger partial charge >= 0.3 is 5.91 Å². The summed E-state index contributed by atoms with van der Waals surface area (Å²) in [5.41, 5.74) is 1.24. The number of Topliss-reactive ketones (excluding diaryl/α,β-unsaturated/α-hetero) is 1. The van der Waals surface area contributed by atoms with Crippen LogP contribution in [-0.4, -0.2) is 28.4 Å². The number of benzene rings is 3. The quantitative estimate of drug-likeness (QED) is 0.200. The Kier molecular flexibility index (Phi) is 6.00. The van der Waals surface area contributed by atoms with E-state index in [0.29, 0.717) is 33.6 Å². The molecule has 2 heterocycles. The first-order chi connectivity index (χ1) is 16.9. The zero-order valence-electron chi connectivity index (χ0n) is 18.4. The maximum Gasteiger partial charge on any atom is 0.301 e. The third-order valence-corrected chi connectivity index (χ3v) is 6.84. The van der Waals surface area contributed by atoms with Crippen LogP contribution in [0.1, 0.15) is 24.1 Å². The predicted octanol–water partition coefficient (Wildman–Crippen LogP) is 6.11. The zero-order valence-corrected chi connectivity index (χ0v) is 19.9. The van der Waals surface area contributed by atoms with Gasteiger partial charge < -0.3 is 9.84 Å². The summed E-state index contributed by atoms with van der Waals surface area (Å²) in [7, 11) is 0. The highest BCUT2D eigenvalue weighted by atomic mass is 35.5. The van der Waals surface area contributed by atoms with Gasteiger partial charge in [0.15, 0.2) is 5.13 Å². The van der Waals surface area contributed by atoms with Crippen molar-refractivity contribution in [3.63, 3.8) is 0 Å². The number of amides is 1. The molecule has 1 aliphatic heterocycles. The maximum atomic E-state index is 13.5. The SMILES string of the molecule is CCOc1ccc2nc(N3C(=O)C(=O)C(=C(O)c4ccc(F)cc4)[C@@H]3c3cccc(Cl)c3)sc2c1. The van der Waals surface area contributed by atoms with Gasteiger partial charge in [0.2, 0.25) is 0 Å². The van der Waals surface area contributed by atoms with Crippen molar-refractivity contribution in [2.24, 2.45) is 0 Å². The number of hydrogen-bond acceptors (Lipinski definition) is 6. The van der Waals surface area contributed by atoms with Crippen molar-refractivity contribution < 1.29 is 23.8 Å². The number of halogens is 2. The van der Waals surface area contributed by atoms with Crippen molar-refractivity contribution in [3.05, 3.63) is 94.3 Å². The van der Waals surface area contributed by atoms with Crippen molar-refractivity contribution in [2.45, 2.75) is 13.0 Å². The number of ketones is 1. The van der Waals surface area contributed by atoms with Gasteiger partial charge in [-0.15, -0.1) is 0 Å². The van der Waals surface area contributed by atoms with Crippen LogP contribution >= 0.6 is 22.9 Å². The first-order valence-electron chi connectivity index (χ1n) is 10.7. The second kappa shape index (κ2) is 9.13. The molecule has 3 aromatic carbocycles. The lowest BCUT2D eigenvalue weighted by Gasteiger charge is -2.23. The summed E-state index contributed by atoms with van der Waals surface area (Å²) in [6, 6.07) is 16.2. The molecule has 1 aliphatic rings. The van der Waals surface area contributed by atoms with E-state index in [1.54, 1.807) is 36.4 Å². The van der Waals surface area contributed by atoms with Gasteiger partial charge in [0.05, 0.1) is 28.4 Å². The standard InChI is InChI=1S/C26H18ClFN2O4S/c1-2-34-18-10-11-19-20(13-18)35-26(29-19)30-22(15-4-3-5-16(27)12-15)21(24(32)25(30)33)23(31)14-6-8-17(28)9-7-14/h3-13,22,31H,2H2,1H3/t22-/m0/s1. The Morgan fingerprint density at radius 1 is 1.14 bits per heavy atom. The summed E-state index contributed by atoms with van der Waals surface area (Å²) in [5.74, 6) is -1.93. The molecule has 5 rings (SSSR count). The molecule has 0 spiro atoms. The summed E-state index contributed by atoms with van der Waals surface area (Å²) in [4.78, 5) is 32.4. The highest BCUT2D eigenvalue weighted by molar-refractivity contribution is 7.22. The lowest BCUT2D eigenvalue weighted by Crippen LogP contribution is -2.29. The number of ether oxygens (including phenoxy) is 1. The number of aliphatic hydroxyl groups excluding tert-OH is 1. The molecule has 1 saturated heterocycles. The molecule has 0 saturated carbocycles. The summed E-state index contributed by atoms with van der Waals surface area (Å²) in [6.07, 6.45) is 0. The van der Waals surface area contributed by atoms with E-state index in [-0.39, 0.29) is 11.1 Å². The monoisotopic (exact) mass is 508 g/mol. The molecule has 35 heavy (non-hydrogen) atoms. The Bertz CT molecular complexity index is 1500. The molecule has 0 bridgehead atoms. The molecule has 0 aliphatic carbocycles. The molecule has 4 aromatic rings. The lowest BCUT2D eigenvalue weighted by atomic mass is 9.95. The van der Waals surface area contributed by atoms with Gasteiger partial charge in [0, 0.05) is 10.6 Å². The average molecular weight is 509 g/mol. The second-order valence-electron chi connectivity index (χ2n) is 7.79. The fourth-order valence-electron chi connectivity index (χ4n) is 4.04. The minimum absolute atomic E-state index is 0.127. The molecule has 1 N–H and O–H groups in total. The van der Waals surface area contributed by atoms with Crippen LogP contribution in [0.5, 0.6) is 5.75 Å². The molecule has 0 unspecified atom stereocenters. The number of hydrogen-bond donors (Lipinski definition) is 1. The van der Waals surface area contributed by atoms with Gasteiger partial charge in [0.1, 0.15) is 17.3 Å². The molecule has 9 heteroatoms. The molecule has 1 aromatic heterocycles. The van der Waals surface area contributed by atoms with E-state index < -0.39 is 29.3 Å². The van der Waals surface area contributed by atoms with E-state index in [9.17, 15) is 19.1 Å². The fraction of sp³-hybridized carbons (Fsp3) is 0.115. The highest BCUT2D eigenvalue weighted by Crippen LogP contribution is 2.45. The molecular weight excluding hydrogens is 491 g/mol. The Balaban J connectivity index is 1.70. The Hall–Kier alpha value is -3.75. The molecule has 1 atom stereocenters. The molecule has 1 fully saturated rings. The largest absolute Gasteiger partial charge is 0.507 e. The zero-order chi connectivity index (χ0) is 24.7. The van der Waals surface area contributed by atoms with Gasteiger partial charge in [0.25, 0.3) is 5.78 Å². The van der Waals surface area contributed by atoms with E-state index in [2.05, 4.69) is 4.98 Å². The Morgan fingerprint density at radius 3 is 2.63 bits per heavy atom. The number of rotatable bonds is 5. The number of anilines is 1. The second-order valence-corrected chi connectivity index (χ2v) is 9.24. The average Bonchev–Trinajstić information content (AvgIpc) is 3.37. The van der Waals surface area contributed by atoms with Gasteiger partial charge in [-0.3, -0.25) is 14.5 Å². The number of aliphatic hydroxyl groups is 1. The van der Waals surface area contributed by atoms with Crippen LogP contribution in [0.2, 0.25) is 5.02 Å². The van der Waals surface area contributed by atoms with Gasteiger partial charge in [-0.25, -0.2) is 9.37 Å². The first kappa shape index (κ1) is 23.0. The summed E-state index contributed by atoms with van der Waals surface area (Å²) in [6.45, 7) is 2.39. The van der Waals surface area contributed by atoms with E-state index in [0.717, 1.165) is 4.70 Å². The number of carbonyl (C=O) groups is 2. The normalized spacial score (nSPS) is 17.3. The summed E-state index contributed by atoms with van der Waals surface area (Å²) in [5, 5.41) is 11.8. The third kappa shape index (κ3) is 4.15. The first-order valence-corrected chi connectivity index (χ1v) is 11.9. The van der Waals surface area contributed by atoms with Crippen molar-refractivity contribution >= 4 is 55.7 Å². The molecule has 1 amide bonds. The van der Waals surface area contributed by atoms with Crippen LogP contribution in [0.3, 0.4) is 0 Å². The topological polar surface area (TPSA) is 79.7 Å². The number of fused-ring (bicyclic) bond motifs is 1. The van der Waals surface area contributed by atoms with E-state index in [1.165, 1.54) is 40.5 Å². The van der Waals surface area contributed by atoms with Crippen molar-refractivity contribution in [1.82, 2.24) is 4.98 Å². The van der Waals surface area contributed by atoms with Crippen LogP contribution in [-0.2, 0) is 9.59 Å². The minimum Gasteiger partial charge on any atom is -0.507 e. The number of nitrogens with zero attached hydrogens (tertiary/aromatic N) is 2. The van der Waals surface area contributed by atoms with Crippen molar-refractivity contribution in [1.29, 1.82) is 0 Å². The third-order valence-electron chi connectivity index (χ3n) is 5.59. The summed E-state index contributed by atoms with van der Waals surface area (Å²) >= 11 is 7.46. The summed E-state index contributed by atoms with van der Waals surface area (Å²) < 4.78 is 19.8. The molecule has 6 nitrogen and oxygen atoms in total. The van der Waals surface area contributed by atoms with Gasteiger partial charge in [-0.05, 0) is 67.1 Å². The number of thiazole rings is 1. The molecule has 176 valence electrons. The van der Waals surface area contributed by atoms with Crippen molar-refractivity contribution in [3.8, 4) is 5.75 Å². The van der Waals surface area contributed by atoms with E-state index in [1.807, 2.05) is 13.0 Å². The highest BCUT2D eigenvalue weighted by Gasteiger charge is 2.48. The smallest absolute Gasteiger partial charge is 0.301 e. The van der Waals surface area contributed by atoms with Gasteiger partial charge in [-0.2, -0.15) is 0 Å². The van der Waals surface area contributed by atoms with Gasteiger partial charge in [-0.1, -0.05) is 35.1 Å². The van der Waals surface area contributed by atoms with E-state index >= 15 is 0 Å². The molecular formula is C26H18ClFN2O4S. The van der Waals surface area contributed by atoms with Crippen molar-refractivity contribution in [2.75, 3.05) is 11.5 Å².